The molecule has 0 saturated carbocycles. The zero-order chi connectivity index (χ0) is 23.7. The van der Waals surface area contributed by atoms with Crippen molar-refractivity contribution in [2.45, 2.75) is 44.0 Å². The molecule has 0 bridgehead atoms. The van der Waals surface area contributed by atoms with Gasteiger partial charge in [0, 0.05) is 31.2 Å². The van der Waals surface area contributed by atoms with Gasteiger partial charge in [0.2, 0.25) is 15.9 Å². The number of nitrogens with one attached hydrogen (secondary N) is 1. The molecule has 0 aliphatic carbocycles. The smallest absolute Gasteiger partial charge is 0.243 e. The van der Waals surface area contributed by atoms with Gasteiger partial charge < -0.3 is 5.32 Å². The third-order valence-corrected chi connectivity index (χ3v) is 8.22. The SMILES string of the molecule is C[C@H](C(=O)Nc1cc(Cl)ccc1Cl)N1CCN(S(=O)(=O)c2ccc(C(C)(C)C)cc2)CC1. The number of carbonyl (C=O) groups is 1. The molecule has 3 rings (SSSR count). The molecule has 1 atom stereocenters. The first kappa shape index (κ1) is 25.0. The maximum atomic E-state index is 13.1. The molecule has 0 unspecified atom stereocenters. The number of sulfonamides is 1. The number of amides is 1. The van der Waals surface area contributed by atoms with Crippen molar-refractivity contribution in [1.29, 1.82) is 0 Å². The van der Waals surface area contributed by atoms with E-state index in [-0.39, 0.29) is 11.3 Å². The molecule has 0 aromatic heterocycles. The summed E-state index contributed by atoms with van der Waals surface area (Å²) in [7, 11) is -3.58. The Balaban J connectivity index is 1.62. The highest BCUT2D eigenvalue weighted by Crippen LogP contribution is 2.27. The predicted molar refractivity (Wildman–Crippen MR) is 130 cm³/mol. The van der Waals surface area contributed by atoms with Gasteiger partial charge in [-0.25, -0.2) is 8.42 Å². The Labute approximate surface area is 200 Å². The molecule has 0 spiro atoms. The van der Waals surface area contributed by atoms with Crippen molar-refractivity contribution in [2.75, 3.05) is 31.5 Å². The molecule has 174 valence electrons. The number of hydrogen-bond donors (Lipinski definition) is 1. The Morgan fingerprint density at radius 2 is 1.59 bits per heavy atom. The van der Waals surface area contributed by atoms with Crippen LogP contribution in [0.2, 0.25) is 10.0 Å². The van der Waals surface area contributed by atoms with Crippen molar-refractivity contribution in [2.24, 2.45) is 0 Å². The van der Waals surface area contributed by atoms with Gasteiger partial charge >= 0.3 is 0 Å². The van der Waals surface area contributed by atoms with Crippen molar-refractivity contribution < 1.29 is 13.2 Å². The third-order valence-electron chi connectivity index (χ3n) is 5.74. The first-order chi connectivity index (χ1) is 14.9. The Bertz CT molecular complexity index is 1070. The summed E-state index contributed by atoms with van der Waals surface area (Å²) in [5.41, 5.74) is 1.50. The Morgan fingerprint density at radius 1 is 1.00 bits per heavy atom. The molecule has 1 N–H and O–H groups in total. The zero-order valence-electron chi connectivity index (χ0n) is 18.7. The quantitative estimate of drug-likeness (QED) is 0.653. The number of nitrogens with zero attached hydrogens (tertiary/aromatic N) is 2. The monoisotopic (exact) mass is 497 g/mol. The molecule has 1 saturated heterocycles. The predicted octanol–water partition coefficient (Wildman–Crippen LogP) is 4.62. The number of halogens is 2. The van der Waals surface area contributed by atoms with Crippen LogP contribution in [0.25, 0.3) is 0 Å². The fourth-order valence-electron chi connectivity index (χ4n) is 3.60. The molecule has 2 aromatic carbocycles. The van der Waals surface area contributed by atoms with E-state index in [1.807, 2.05) is 17.0 Å². The molecule has 9 heteroatoms. The number of carbonyl (C=O) groups excluding carboxylic acids is 1. The molecule has 1 fully saturated rings. The average Bonchev–Trinajstić information content (AvgIpc) is 2.75. The number of benzene rings is 2. The largest absolute Gasteiger partial charge is 0.323 e. The molecular weight excluding hydrogens is 469 g/mol. The number of rotatable bonds is 5. The van der Waals surface area contributed by atoms with Gasteiger partial charge in [-0.05, 0) is 48.2 Å². The van der Waals surface area contributed by atoms with Crippen molar-refractivity contribution >= 4 is 44.8 Å². The molecule has 1 aliphatic rings. The summed E-state index contributed by atoms with van der Waals surface area (Å²) in [4.78, 5) is 15.0. The maximum absolute atomic E-state index is 13.1. The number of anilines is 1. The van der Waals surface area contributed by atoms with E-state index in [1.165, 1.54) is 4.31 Å². The van der Waals surface area contributed by atoms with Crippen molar-refractivity contribution in [1.82, 2.24) is 9.21 Å². The highest BCUT2D eigenvalue weighted by Gasteiger charge is 2.32. The van der Waals surface area contributed by atoms with E-state index in [1.54, 1.807) is 37.3 Å². The van der Waals surface area contributed by atoms with Crippen LogP contribution in [0.4, 0.5) is 5.69 Å². The number of hydrogen-bond acceptors (Lipinski definition) is 4. The van der Waals surface area contributed by atoms with Crippen LogP contribution in [0.5, 0.6) is 0 Å². The second-order valence-corrected chi connectivity index (χ2v) is 11.8. The molecule has 1 heterocycles. The van der Waals surface area contributed by atoms with Crippen LogP contribution < -0.4 is 5.32 Å². The van der Waals surface area contributed by atoms with Gasteiger partial charge in [-0.1, -0.05) is 56.1 Å². The summed E-state index contributed by atoms with van der Waals surface area (Å²) < 4.78 is 27.6. The molecule has 1 aliphatic heterocycles. The summed E-state index contributed by atoms with van der Waals surface area (Å²) in [6.45, 7) is 9.61. The van der Waals surface area contributed by atoms with E-state index in [0.29, 0.717) is 46.8 Å². The van der Waals surface area contributed by atoms with E-state index in [0.717, 1.165) is 5.56 Å². The lowest BCUT2D eigenvalue weighted by atomic mass is 9.87. The minimum Gasteiger partial charge on any atom is -0.323 e. The van der Waals surface area contributed by atoms with Crippen LogP contribution in [0.3, 0.4) is 0 Å². The van der Waals surface area contributed by atoms with Crippen LogP contribution in [0.15, 0.2) is 47.4 Å². The van der Waals surface area contributed by atoms with Gasteiger partial charge in [0.1, 0.15) is 0 Å². The Kier molecular flexibility index (Phi) is 7.57. The molecule has 6 nitrogen and oxygen atoms in total. The Hall–Kier alpha value is -1.64. The minimum absolute atomic E-state index is 0.0417. The van der Waals surface area contributed by atoms with Gasteiger partial charge in [0.25, 0.3) is 0 Å². The first-order valence-corrected chi connectivity index (χ1v) is 12.7. The fraction of sp³-hybridized carbons (Fsp3) is 0.435. The standard InChI is InChI=1S/C23H29Cl2N3O3S/c1-16(22(29)26-21-15-18(24)7-10-20(21)25)27-11-13-28(14-12-27)32(30,31)19-8-5-17(6-9-19)23(2,3)4/h5-10,15-16H,11-14H2,1-4H3,(H,26,29)/t16-/m1/s1. The summed E-state index contributed by atoms with van der Waals surface area (Å²) in [5, 5.41) is 3.69. The molecule has 1 amide bonds. The fourth-order valence-corrected chi connectivity index (χ4v) is 5.36. The summed E-state index contributed by atoms with van der Waals surface area (Å²) in [6, 6.07) is 11.5. The zero-order valence-corrected chi connectivity index (χ0v) is 21.1. The lowest BCUT2D eigenvalue weighted by Crippen LogP contribution is -2.53. The van der Waals surface area contributed by atoms with Crippen molar-refractivity contribution in [3.63, 3.8) is 0 Å². The van der Waals surface area contributed by atoms with Crippen molar-refractivity contribution in [3.05, 3.63) is 58.1 Å². The first-order valence-electron chi connectivity index (χ1n) is 10.5. The minimum atomic E-state index is -3.58. The van der Waals surface area contributed by atoms with E-state index in [2.05, 4.69) is 26.1 Å². The van der Waals surface area contributed by atoms with Crippen LogP contribution in [0.1, 0.15) is 33.3 Å². The second-order valence-electron chi connectivity index (χ2n) is 9.00. The lowest BCUT2D eigenvalue weighted by Gasteiger charge is -2.36. The lowest BCUT2D eigenvalue weighted by molar-refractivity contribution is -0.121. The Morgan fingerprint density at radius 3 is 2.16 bits per heavy atom. The third kappa shape index (κ3) is 5.64. The van der Waals surface area contributed by atoms with Gasteiger partial charge in [0.05, 0.1) is 21.6 Å². The van der Waals surface area contributed by atoms with Gasteiger partial charge in [-0.3, -0.25) is 9.69 Å². The topological polar surface area (TPSA) is 69.7 Å². The van der Waals surface area contributed by atoms with E-state index >= 15 is 0 Å². The molecule has 32 heavy (non-hydrogen) atoms. The summed E-state index contributed by atoms with van der Waals surface area (Å²) >= 11 is 12.1. The van der Waals surface area contributed by atoms with Crippen LogP contribution in [0, 0.1) is 0 Å². The molecular formula is C23H29Cl2N3O3S. The maximum Gasteiger partial charge on any atom is 0.243 e. The highest BCUT2D eigenvalue weighted by molar-refractivity contribution is 7.89. The second kappa shape index (κ2) is 9.69. The van der Waals surface area contributed by atoms with Gasteiger partial charge in [-0.15, -0.1) is 0 Å². The average molecular weight is 498 g/mol. The van der Waals surface area contributed by atoms with E-state index in [4.69, 9.17) is 23.2 Å². The molecule has 2 aromatic rings. The van der Waals surface area contributed by atoms with Crippen LogP contribution in [-0.2, 0) is 20.2 Å². The van der Waals surface area contributed by atoms with Crippen LogP contribution >= 0.6 is 23.2 Å². The highest BCUT2D eigenvalue weighted by atomic mass is 35.5. The van der Waals surface area contributed by atoms with Crippen LogP contribution in [-0.4, -0.2) is 55.8 Å². The van der Waals surface area contributed by atoms with E-state index in [9.17, 15) is 13.2 Å². The summed E-state index contributed by atoms with van der Waals surface area (Å²) in [5.74, 6) is -0.219. The molecule has 0 radical (unpaired) electrons. The number of piperazine rings is 1. The van der Waals surface area contributed by atoms with Crippen molar-refractivity contribution in [3.8, 4) is 0 Å². The van der Waals surface area contributed by atoms with E-state index < -0.39 is 16.1 Å². The van der Waals surface area contributed by atoms with Gasteiger partial charge in [-0.2, -0.15) is 4.31 Å². The van der Waals surface area contributed by atoms with Gasteiger partial charge in [0.15, 0.2) is 0 Å². The normalized spacial score (nSPS) is 17.2. The summed E-state index contributed by atoms with van der Waals surface area (Å²) in [6.07, 6.45) is 0.